The third-order valence-corrected chi connectivity index (χ3v) is 4.60. The first-order valence-corrected chi connectivity index (χ1v) is 6.71. The van der Waals surface area contributed by atoms with Crippen molar-refractivity contribution in [2.24, 2.45) is 11.3 Å². The second-order valence-electron chi connectivity index (χ2n) is 6.00. The lowest BCUT2D eigenvalue weighted by atomic mass is 9.57. The molecule has 1 aromatic carbocycles. The zero-order valence-corrected chi connectivity index (χ0v) is 11.0. The highest BCUT2D eigenvalue weighted by Gasteiger charge is 2.59. The highest BCUT2D eigenvalue weighted by Crippen LogP contribution is 2.53. The van der Waals surface area contributed by atoms with Gasteiger partial charge in [0, 0.05) is 35.2 Å². The van der Waals surface area contributed by atoms with Crippen LogP contribution in [0.2, 0.25) is 0 Å². The molecule has 1 aromatic rings. The van der Waals surface area contributed by atoms with Gasteiger partial charge in [0.05, 0.1) is 12.7 Å². The summed E-state index contributed by atoms with van der Waals surface area (Å²) in [6.07, 6.45) is 1.55. The minimum atomic E-state index is 0.0842. The summed E-state index contributed by atoms with van der Waals surface area (Å²) >= 11 is 0. The molecule has 0 radical (unpaired) electrons. The zero-order valence-electron chi connectivity index (χ0n) is 11.0. The SMILES string of the molecule is CC1(C)C(Nc2ccccc2CO)C2CCOC21. The van der Waals surface area contributed by atoms with Crippen molar-refractivity contribution in [3.63, 3.8) is 0 Å². The number of benzene rings is 1. The van der Waals surface area contributed by atoms with Gasteiger partial charge in [-0.05, 0) is 12.5 Å². The second kappa shape index (κ2) is 4.25. The average Bonchev–Trinajstić information content (AvgIpc) is 2.83. The largest absolute Gasteiger partial charge is 0.392 e. The summed E-state index contributed by atoms with van der Waals surface area (Å²) in [4.78, 5) is 0. The molecule has 2 N–H and O–H groups in total. The van der Waals surface area contributed by atoms with Crippen molar-refractivity contribution < 1.29 is 9.84 Å². The second-order valence-corrected chi connectivity index (χ2v) is 6.00. The number of hydrogen-bond acceptors (Lipinski definition) is 3. The van der Waals surface area contributed by atoms with Crippen LogP contribution >= 0.6 is 0 Å². The molecule has 0 amide bonds. The molecule has 98 valence electrons. The first-order valence-electron chi connectivity index (χ1n) is 6.71. The van der Waals surface area contributed by atoms with Crippen molar-refractivity contribution in [2.75, 3.05) is 11.9 Å². The van der Waals surface area contributed by atoms with E-state index in [1.54, 1.807) is 0 Å². The van der Waals surface area contributed by atoms with Crippen LogP contribution in [0, 0.1) is 11.3 Å². The summed E-state index contributed by atoms with van der Waals surface area (Å²) in [6, 6.07) is 8.43. The van der Waals surface area contributed by atoms with Gasteiger partial charge in [0.2, 0.25) is 0 Å². The maximum absolute atomic E-state index is 9.37. The number of rotatable bonds is 3. The third kappa shape index (κ3) is 1.65. The zero-order chi connectivity index (χ0) is 12.8. The van der Waals surface area contributed by atoms with Crippen LogP contribution in [0.3, 0.4) is 0 Å². The van der Waals surface area contributed by atoms with Crippen LogP contribution in [-0.4, -0.2) is 23.9 Å². The Bertz CT molecular complexity index is 444. The number of aliphatic hydroxyl groups is 1. The number of hydrogen-bond donors (Lipinski definition) is 2. The van der Waals surface area contributed by atoms with E-state index in [4.69, 9.17) is 4.74 Å². The van der Waals surface area contributed by atoms with Gasteiger partial charge >= 0.3 is 0 Å². The van der Waals surface area contributed by atoms with Gasteiger partial charge in [0.15, 0.2) is 0 Å². The molecule has 3 heteroatoms. The Morgan fingerprint density at radius 1 is 1.39 bits per heavy atom. The number of anilines is 1. The van der Waals surface area contributed by atoms with Crippen molar-refractivity contribution in [1.82, 2.24) is 0 Å². The summed E-state index contributed by atoms with van der Waals surface area (Å²) in [5.41, 5.74) is 2.20. The Morgan fingerprint density at radius 3 is 2.94 bits per heavy atom. The Labute approximate surface area is 108 Å². The molecule has 0 bridgehead atoms. The molecule has 0 spiro atoms. The van der Waals surface area contributed by atoms with Crippen LogP contribution in [0.4, 0.5) is 5.69 Å². The molecule has 1 saturated carbocycles. The highest BCUT2D eigenvalue weighted by molar-refractivity contribution is 5.52. The monoisotopic (exact) mass is 247 g/mol. The molecule has 3 nitrogen and oxygen atoms in total. The number of fused-ring (bicyclic) bond motifs is 1. The van der Waals surface area contributed by atoms with Gasteiger partial charge in [0.25, 0.3) is 0 Å². The molecule has 1 aliphatic carbocycles. The number of ether oxygens (including phenoxy) is 1. The molecular weight excluding hydrogens is 226 g/mol. The molecule has 3 atom stereocenters. The van der Waals surface area contributed by atoms with E-state index < -0.39 is 0 Å². The number of nitrogens with one attached hydrogen (secondary N) is 1. The highest BCUT2D eigenvalue weighted by atomic mass is 16.5. The molecule has 18 heavy (non-hydrogen) atoms. The molecular formula is C15H21NO2. The third-order valence-electron chi connectivity index (χ3n) is 4.60. The van der Waals surface area contributed by atoms with Crippen LogP contribution < -0.4 is 5.32 Å². The van der Waals surface area contributed by atoms with E-state index in [1.807, 2.05) is 24.3 Å². The van der Waals surface area contributed by atoms with Gasteiger partial charge in [-0.2, -0.15) is 0 Å². The Kier molecular flexibility index (Phi) is 2.83. The van der Waals surface area contributed by atoms with Crippen LogP contribution in [0.25, 0.3) is 0 Å². The summed E-state index contributed by atoms with van der Waals surface area (Å²) in [6.45, 7) is 5.50. The van der Waals surface area contributed by atoms with Crippen molar-refractivity contribution >= 4 is 5.69 Å². The molecule has 2 aliphatic rings. The Morgan fingerprint density at radius 2 is 2.17 bits per heavy atom. The minimum Gasteiger partial charge on any atom is -0.392 e. The Hall–Kier alpha value is -1.06. The molecule has 1 aliphatic heterocycles. The van der Waals surface area contributed by atoms with E-state index in [2.05, 4.69) is 19.2 Å². The predicted octanol–water partition coefficient (Wildman–Crippen LogP) is 2.40. The van der Waals surface area contributed by atoms with Crippen molar-refractivity contribution in [1.29, 1.82) is 0 Å². The topological polar surface area (TPSA) is 41.5 Å². The van der Waals surface area contributed by atoms with E-state index in [0.717, 1.165) is 24.3 Å². The van der Waals surface area contributed by atoms with Gasteiger partial charge < -0.3 is 15.2 Å². The first kappa shape index (κ1) is 12.0. The fourth-order valence-electron chi connectivity index (χ4n) is 3.58. The molecule has 3 rings (SSSR count). The lowest BCUT2D eigenvalue weighted by molar-refractivity contribution is -0.0923. The average molecular weight is 247 g/mol. The van der Waals surface area contributed by atoms with Crippen LogP contribution in [0.5, 0.6) is 0 Å². The van der Waals surface area contributed by atoms with E-state index >= 15 is 0 Å². The van der Waals surface area contributed by atoms with Gasteiger partial charge in [-0.3, -0.25) is 0 Å². The standard InChI is InChI=1S/C15H21NO2/c1-15(2)13(11-7-8-18-14(11)15)16-12-6-4-3-5-10(12)9-17/h3-6,11,13-14,16-17H,7-9H2,1-2H3. The van der Waals surface area contributed by atoms with Crippen molar-refractivity contribution in [2.45, 2.75) is 39.0 Å². The van der Waals surface area contributed by atoms with Crippen LogP contribution in [0.1, 0.15) is 25.8 Å². The van der Waals surface area contributed by atoms with E-state index in [1.165, 1.54) is 0 Å². The normalized spacial score (nSPS) is 32.7. The van der Waals surface area contributed by atoms with Gasteiger partial charge in [-0.25, -0.2) is 0 Å². The smallest absolute Gasteiger partial charge is 0.0701 e. The molecule has 1 heterocycles. The van der Waals surface area contributed by atoms with E-state index in [9.17, 15) is 5.11 Å². The van der Waals surface area contributed by atoms with Crippen LogP contribution in [-0.2, 0) is 11.3 Å². The van der Waals surface area contributed by atoms with Crippen molar-refractivity contribution in [3.8, 4) is 0 Å². The van der Waals surface area contributed by atoms with E-state index in [0.29, 0.717) is 18.1 Å². The van der Waals surface area contributed by atoms with Crippen LogP contribution in [0.15, 0.2) is 24.3 Å². The fourth-order valence-corrected chi connectivity index (χ4v) is 3.58. The fraction of sp³-hybridized carbons (Fsp3) is 0.600. The van der Waals surface area contributed by atoms with Gasteiger partial charge in [-0.1, -0.05) is 32.0 Å². The maximum atomic E-state index is 9.37. The quantitative estimate of drug-likeness (QED) is 0.862. The van der Waals surface area contributed by atoms with Gasteiger partial charge in [-0.15, -0.1) is 0 Å². The summed E-state index contributed by atoms with van der Waals surface area (Å²) < 4.78 is 5.80. The maximum Gasteiger partial charge on any atom is 0.0701 e. The number of aliphatic hydroxyl groups excluding tert-OH is 1. The minimum absolute atomic E-state index is 0.0842. The van der Waals surface area contributed by atoms with E-state index in [-0.39, 0.29) is 12.0 Å². The summed E-state index contributed by atoms with van der Waals surface area (Å²) in [7, 11) is 0. The molecule has 0 aromatic heterocycles. The Balaban J connectivity index is 1.80. The number of para-hydroxylation sites is 1. The van der Waals surface area contributed by atoms with Crippen molar-refractivity contribution in [3.05, 3.63) is 29.8 Å². The summed E-state index contributed by atoms with van der Waals surface area (Å²) in [5, 5.41) is 13.0. The summed E-state index contributed by atoms with van der Waals surface area (Å²) in [5.74, 6) is 0.617. The first-order chi connectivity index (χ1) is 8.64. The van der Waals surface area contributed by atoms with Gasteiger partial charge in [0.1, 0.15) is 0 Å². The predicted molar refractivity (Wildman–Crippen MR) is 71.4 cm³/mol. The molecule has 1 saturated heterocycles. The lowest BCUT2D eigenvalue weighted by Gasteiger charge is -2.55. The molecule has 3 unspecified atom stereocenters. The lowest BCUT2D eigenvalue weighted by Crippen LogP contribution is -2.63. The molecule has 2 fully saturated rings.